The van der Waals surface area contributed by atoms with Crippen LogP contribution in [0, 0.1) is 12.8 Å². The summed E-state index contributed by atoms with van der Waals surface area (Å²) in [6.45, 7) is 6.12. The third-order valence-electron chi connectivity index (χ3n) is 6.09. The van der Waals surface area contributed by atoms with Crippen molar-refractivity contribution in [1.29, 1.82) is 0 Å². The molecule has 1 aliphatic heterocycles. The van der Waals surface area contributed by atoms with Crippen LogP contribution in [0.2, 0.25) is 0 Å². The van der Waals surface area contributed by atoms with Crippen LogP contribution in [-0.2, 0) is 11.3 Å². The van der Waals surface area contributed by atoms with Crippen molar-refractivity contribution in [1.82, 2.24) is 30.0 Å². The molecule has 1 amide bonds. The fourth-order valence-corrected chi connectivity index (χ4v) is 4.31. The van der Waals surface area contributed by atoms with Crippen LogP contribution in [-0.4, -0.2) is 62.1 Å². The summed E-state index contributed by atoms with van der Waals surface area (Å²) in [5, 5.41) is 12.2. The summed E-state index contributed by atoms with van der Waals surface area (Å²) in [4.78, 5) is 17.0. The molecule has 1 saturated carbocycles. The van der Waals surface area contributed by atoms with Gasteiger partial charge < -0.3 is 4.90 Å². The minimum absolute atomic E-state index is 0.344. The van der Waals surface area contributed by atoms with Gasteiger partial charge in [0.05, 0.1) is 12.2 Å². The standard InChI is InChI=1S/C21H30N6O/c1-17-7-9-19(10-8-17)27-20(22-23-24-27)16-25-11-13-26(14-12-25)21(28)15-18-5-3-2-4-6-18/h7-10,18H,2-6,11-16H2,1H3. The second kappa shape index (κ2) is 8.82. The molecule has 150 valence electrons. The van der Waals surface area contributed by atoms with E-state index in [1.165, 1.54) is 37.7 Å². The maximum absolute atomic E-state index is 12.6. The van der Waals surface area contributed by atoms with E-state index < -0.39 is 0 Å². The van der Waals surface area contributed by atoms with E-state index in [1.807, 2.05) is 17.0 Å². The first-order valence-electron chi connectivity index (χ1n) is 10.5. The molecular formula is C21H30N6O. The van der Waals surface area contributed by atoms with Gasteiger partial charge >= 0.3 is 0 Å². The van der Waals surface area contributed by atoms with Gasteiger partial charge in [-0.2, -0.15) is 4.68 Å². The van der Waals surface area contributed by atoms with Gasteiger partial charge in [0, 0.05) is 32.6 Å². The highest BCUT2D eigenvalue weighted by Gasteiger charge is 2.25. The summed E-state index contributed by atoms with van der Waals surface area (Å²) in [7, 11) is 0. The Labute approximate surface area is 166 Å². The van der Waals surface area contributed by atoms with E-state index in [0.29, 0.717) is 18.4 Å². The first-order valence-corrected chi connectivity index (χ1v) is 10.5. The van der Waals surface area contributed by atoms with Crippen LogP contribution in [0.15, 0.2) is 24.3 Å². The molecule has 0 spiro atoms. The van der Waals surface area contributed by atoms with Crippen molar-refractivity contribution in [3.05, 3.63) is 35.7 Å². The lowest BCUT2D eigenvalue weighted by atomic mass is 9.86. The second-order valence-electron chi connectivity index (χ2n) is 8.21. The van der Waals surface area contributed by atoms with E-state index in [9.17, 15) is 4.79 Å². The Balaban J connectivity index is 1.30. The first kappa shape index (κ1) is 19.1. The Morgan fingerprint density at radius 3 is 2.46 bits per heavy atom. The molecule has 1 saturated heterocycles. The zero-order valence-corrected chi connectivity index (χ0v) is 16.8. The first-order chi connectivity index (χ1) is 13.7. The number of piperazine rings is 1. The topological polar surface area (TPSA) is 67.2 Å². The van der Waals surface area contributed by atoms with Crippen molar-refractivity contribution in [2.75, 3.05) is 26.2 Å². The molecule has 28 heavy (non-hydrogen) atoms. The molecule has 2 aromatic rings. The Bertz CT molecular complexity index is 772. The van der Waals surface area contributed by atoms with Crippen molar-refractivity contribution >= 4 is 5.91 Å². The summed E-state index contributed by atoms with van der Waals surface area (Å²) in [5.74, 6) is 1.79. The molecule has 0 bridgehead atoms. The number of carbonyl (C=O) groups excluding carboxylic acids is 1. The average Bonchev–Trinajstić information content (AvgIpc) is 3.18. The van der Waals surface area contributed by atoms with Crippen molar-refractivity contribution in [2.24, 2.45) is 5.92 Å². The maximum atomic E-state index is 12.6. The molecule has 7 nitrogen and oxygen atoms in total. The molecule has 1 aromatic carbocycles. The predicted octanol–water partition coefficient (Wildman–Crippen LogP) is 2.59. The van der Waals surface area contributed by atoms with Gasteiger partial charge in [-0.3, -0.25) is 9.69 Å². The summed E-state index contributed by atoms with van der Waals surface area (Å²) < 4.78 is 1.81. The third kappa shape index (κ3) is 4.58. The number of benzene rings is 1. The number of hydrogen-bond acceptors (Lipinski definition) is 5. The zero-order chi connectivity index (χ0) is 19.3. The van der Waals surface area contributed by atoms with Crippen molar-refractivity contribution < 1.29 is 4.79 Å². The Kier molecular flexibility index (Phi) is 6.00. The monoisotopic (exact) mass is 382 g/mol. The molecule has 0 radical (unpaired) electrons. The van der Waals surface area contributed by atoms with Crippen LogP contribution >= 0.6 is 0 Å². The number of aromatic nitrogens is 4. The van der Waals surface area contributed by atoms with E-state index in [-0.39, 0.29) is 0 Å². The van der Waals surface area contributed by atoms with Gasteiger partial charge in [-0.25, -0.2) is 0 Å². The molecule has 1 aliphatic carbocycles. The lowest BCUT2D eigenvalue weighted by Gasteiger charge is -2.35. The smallest absolute Gasteiger partial charge is 0.222 e. The van der Waals surface area contributed by atoms with Gasteiger partial charge in [0.1, 0.15) is 0 Å². The highest BCUT2D eigenvalue weighted by molar-refractivity contribution is 5.76. The summed E-state index contributed by atoms with van der Waals surface area (Å²) in [5.41, 5.74) is 2.19. The Morgan fingerprint density at radius 2 is 1.75 bits per heavy atom. The van der Waals surface area contributed by atoms with E-state index in [1.54, 1.807) is 4.68 Å². The number of hydrogen-bond donors (Lipinski definition) is 0. The largest absolute Gasteiger partial charge is 0.340 e. The molecular weight excluding hydrogens is 352 g/mol. The number of rotatable bonds is 5. The Morgan fingerprint density at radius 1 is 1.04 bits per heavy atom. The summed E-state index contributed by atoms with van der Waals surface area (Å²) >= 11 is 0. The number of tetrazole rings is 1. The molecule has 1 aromatic heterocycles. The maximum Gasteiger partial charge on any atom is 0.222 e. The van der Waals surface area contributed by atoms with Crippen LogP contribution in [0.25, 0.3) is 5.69 Å². The van der Waals surface area contributed by atoms with E-state index in [2.05, 4.69) is 39.5 Å². The van der Waals surface area contributed by atoms with Gasteiger partial charge in [-0.1, -0.05) is 37.0 Å². The van der Waals surface area contributed by atoms with Crippen LogP contribution in [0.1, 0.15) is 49.9 Å². The van der Waals surface area contributed by atoms with Crippen molar-refractivity contribution in [2.45, 2.75) is 52.0 Å². The van der Waals surface area contributed by atoms with Gasteiger partial charge in [0.25, 0.3) is 0 Å². The van der Waals surface area contributed by atoms with Gasteiger partial charge in [-0.15, -0.1) is 5.10 Å². The highest BCUT2D eigenvalue weighted by Crippen LogP contribution is 2.27. The van der Waals surface area contributed by atoms with Crippen molar-refractivity contribution in [3.63, 3.8) is 0 Å². The van der Waals surface area contributed by atoms with Crippen molar-refractivity contribution in [3.8, 4) is 5.69 Å². The fraction of sp³-hybridized carbons (Fsp3) is 0.619. The molecule has 0 atom stereocenters. The van der Waals surface area contributed by atoms with E-state index in [0.717, 1.165) is 44.1 Å². The van der Waals surface area contributed by atoms with Crippen LogP contribution in [0.3, 0.4) is 0 Å². The highest BCUT2D eigenvalue weighted by atomic mass is 16.2. The number of nitrogens with zero attached hydrogens (tertiary/aromatic N) is 6. The zero-order valence-electron chi connectivity index (χ0n) is 16.8. The normalized spacial score (nSPS) is 19.1. The average molecular weight is 383 g/mol. The lowest BCUT2D eigenvalue weighted by molar-refractivity contribution is -0.134. The second-order valence-corrected chi connectivity index (χ2v) is 8.21. The minimum atomic E-state index is 0.344. The van der Waals surface area contributed by atoms with Gasteiger partial charge in [0.15, 0.2) is 5.82 Å². The predicted molar refractivity (Wildman–Crippen MR) is 107 cm³/mol. The number of aryl methyl sites for hydroxylation is 1. The number of carbonyl (C=O) groups is 1. The van der Waals surface area contributed by atoms with Gasteiger partial charge in [-0.05, 0) is 48.2 Å². The van der Waals surface area contributed by atoms with E-state index in [4.69, 9.17) is 0 Å². The third-order valence-corrected chi connectivity index (χ3v) is 6.09. The van der Waals surface area contributed by atoms with E-state index >= 15 is 0 Å². The molecule has 2 fully saturated rings. The molecule has 4 rings (SSSR count). The van der Waals surface area contributed by atoms with Crippen LogP contribution in [0.4, 0.5) is 0 Å². The quantitative estimate of drug-likeness (QED) is 0.795. The lowest BCUT2D eigenvalue weighted by Crippen LogP contribution is -2.48. The molecule has 7 heteroatoms. The minimum Gasteiger partial charge on any atom is -0.340 e. The molecule has 2 aliphatic rings. The molecule has 2 heterocycles. The molecule has 0 unspecified atom stereocenters. The van der Waals surface area contributed by atoms with Crippen LogP contribution < -0.4 is 0 Å². The Hall–Kier alpha value is -2.28. The summed E-state index contributed by atoms with van der Waals surface area (Å²) in [6.07, 6.45) is 7.13. The van der Waals surface area contributed by atoms with Gasteiger partial charge in [0.2, 0.25) is 5.91 Å². The SMILES string of the molecule is Cc1ccc(-n2nnnc2CN2CCN(C(=O)CC3CCCCC3)CC2)cc1. The van der Waals surface area contributed by atoms with Crippen LogP contribution in [0.5, 0.6) is 0 Å². The summed E-state index contributed by atoms with van der Waals surface area (Å²) in [6, 6.07) is 8.21. The molecule has 0 N–H and O–H groups in total. The number of amides is 1. The fourth-order valence-electron chi connectivity index (χ4n) is 4.31.